The van der Waals surface area contributed by atoms with E-state index in [1.165, 1.54) is 24.3 Å². The van der Waals surface area contributed by atoms with Crippen LogP contribution in [0.15, 0.2) is 41.3 Å². The largest absolute Gasteiger partial charge is 0.273 e. The number of nitrogens with one attached hydrogen (secondary N) is 2. The van der Waals surface area contributed by atoms with Crippen molar-refractivity contribution >= 4 is 54.0 Å². The van der Waals surface area contributed by atoms with Gasteiger partial charge in [0.2, 0.25) is 11.0 Å². The third-order valence-electron chi connectivity index (χ3n) is 3.49. The van der Waals surface area contributed by atoms with Crippen LogP contribution in [-0.2, 0) is 14.6 Å². The summed E-state index contributed by atoms with van der Waals surface area (Å²) in [6.45, 7) is 0. The highest BCUT2D eigenvalue weighted by molar-refractivity contribution is 7.91. The van der Waals surface area contributed by atoms with Crippen LogP contribution in [0.1, 0.15) is 6.42 Å². The van der Waals surface area contributed by atoms with Crippen molar-refractivity contribution in [2.45, 2.75) is 11.3 Å². The van der Waals surface area contributed by atoms with Crippen LogP contribution in [0.5, 0.6) is 0 Å². The number of nitrogens with zero attached hydrogens (tertiary/aromatic N) is 1. The van der Waals surface area contributed by atoms with Crippen molar-refractivity contribution in [3.63, 3.8) is 0 Å². The lowest BCUT2D eigenvalue weighted by Crippen LogP contribution is -2.30. The van der Waals surface area contributed by atoms with Gasteiger partial charge in [0, 0.05) is 17.5 Å². The lowest BCUT2D eigenvalue weighted by Gasteiger charge is -2.06. The molecule has 0 saturated heterocycles. The van der Waals surface area contributed by atoms with Crippen LogP contribution in [0.4, 0.5) is 13.9 Å². The molecule has 1 aromatic heterocycles. The minimum Gasteiger partial charge on any atom is -0.273 e. The molecular formula is C16H12ClF2N3O3S2. The van der Waals surface area contributed by atoms with Gasteiger partial charge >= 0.3 is 0 Å². The summed E-state index contributed by atoms with van der Waals surface area (Å²) in [5.41, 5.74) is 4.73. The van der Waals surface area contributed by atoms with Gasteiger partial charge in [0.1, 0.15) is 11.3 Å². The maximum Gasteiger partial charge on any atom is 0.239 e. The molecule has 0 fully saturated rings. The number of hydrogen-bond acceptors (Lipinski definition) is 6. The molecule has 0 aliphatic heterocycles. The molecule has 0 saturated carbocycles. The third-order valence-corrected chi connectivity index (χ3v) is 6.39. The van der Waals surface area contributed by atoms with Crippen LogP contribution in [0.2, 0.25) is 5.02 Å². The number of amides is 1. The number of carbonyl (C=O) groups excluding carboxylic acids is 1. The lowest BCUT2D eigenvalue weighted by atomic mass is 10.3. The van der Waals surface area contributed by atoms with Gasteiger partial charge in [-0.1, -0.05) is 22.9 Å². The van der Waals surface area contributed by atoms with Crippen molar-refractivity contribution in [3.8, 4) is 0 Å². The number of fused-ring (bicyclic) bond motifs is 1. The Labute approximate surface area is 162 Å². The first-order valence-electron chi connectivity index (χ1n) is 7.53. The molecule has 0 aliphatic rings. The van der Waals surface area contributed by atoms with Gasteiger partial charge in [0.05, 0.1) is 15.3 Å². The number of benzene rings is 2. The zero-order valence-corrected chi connectivity index (χ0v) is 15.9. The number of anilines is 1. The van der Waals surface area contributed by atoms with E-state index < -0.39 is 33.1 Å². The van der Waals surface area contributed by atoms with Gasteiger partial charge in [-0.2, -0.15) is 0 Å². The van der Waals surface area contributed by atoms with Gasteiger partial charge in [-0.3, -0.25) is 15.6 Å². The Morgan fingerprint density at radius 3 is 2.59 bits per heavy atom. The fourth-order valence-corrected chi connectivity index (χ4v) is 4.41. The smallest absolute Gasteiger partial charge is 0.239 e. The number of sulfone groups is 1. The van der Waals surface area contributed by atoms with Crippen LogP contribution in [0.3, 0.4) is 0 Å². The Kier molecular flexibility index (Phi) is 5.59. The fourth-order valence-electron chi connectivity index (χ4n) is 2.18. The zero-order valence-electron chi connectivity index (χ0n) is 13.5. The summed E-state index contributed by atoms with van der Waals surface area (Å²) < 4.78 is 51.4. The van der Waals surface area contributed by atoms with E-state index in [1.54, 1.807) is 0 Å². The van der Waals surface area contributed by atoms with E-state index in [-0.39, 0.29) is 26.7 Å². The molecule has 0 atom stereocenters. The van der Waals surface area contributed by atoms with Crippen LogP contribution in [0, 0.1) is 11.6 Å². The number of thiazole rings is 1. The maximum atomic E-state index is 13.6. The van der Waals surface area contributed by atoms with Crippen molar-refractivity contribution in [3.05, 3.63) is 53.1 Å². The van der Waals surface area contributed by atoms with Gasteiger partial charge in [-0.25, -0.2) is 22.2 Å². The maximum absolute atomic E-state index is 13.6. The molecule has 0 aliphatic carbocycles. The number of hydrogen-bond donors (Lipinski definition) is 2. The number of rotatable bonds is 6. The molecule has 1 heterocycles. The number of carbonyl (C=O) groups is 1. The van der Waals surface area contributed by atoms with Crippen molar-refractivity contribution in [1.82, 2.24) is 10.4 Å². The topological polar surface area (TPSA) is 88.2 Å². The number of hydrazine groups is 1. The monoisotopic (exact) mass is 431 g/mol. The first kappa shape index (κ1) is 19.5. The number of halogens is 3. The van der Waals surface area contributed by atoms with Crippen LogP contribution < -0.4 is 10.9 Å². The van der Waals surface area contributed by atoms with Gasteiger partial charge < -0.3 is 0 Å². The molecule has 0 unspecified atom stereocenters. The minimum absolute atomic E-state index is 0.0246. The Morgan fingerprint density at radius 2 is 1.89 bits per heavy atom. The summed E-state index contributed by atoms with van der Waals surface area (Å²) in [5, 5.41) is 0.548. The van der Waals surface area contributed by atoms with Crippen LogP contribution in [0.25, 0.3) is 10.2 Å². The van der Waals surface area contributed by atoms with Crippen molar-refractivity contribution in [2.75, 3.05) is 11.2 Å². The normalized spacial score (nSPS) is 11.5. The molecule has 6 nitrogen and oxygen atoms in total. The van der Waals surface area contributed by atoms with Gasteiger partial charge in [-0.15, -0.1) is 0 Å². The molecule has 2 aromatic carbocycles. The highest BCUT2D eigenvalue weighted by Crippen LogP contribution is 2.28. The lowest BCUT2D eigenvalue weighted by molar-refractivity contribution is -0.120. The highest BCUT2D eigenvalue weighted by Gasteiger charge is 2.17. The molecule has 2 N–H and O–H groups in total. The fraction of sp³-hybridized carbons (Fsp3) is 0.125. The second kappa shape index (κ2) is 7.75. The van der Waals surface area contributed by atoms with E-state index in [9.17, 15) is 22.0 Å². The Hall–Kier alpha value is -2.30. The SMILES string of the molecule is O=C(CCS(=O)(=O)c1ccc(Cl)cc1)NNc1nc2c(F)cc(F)cc2s1. The van der Waals surface area contributed by atoms with E-state index in [2.05, 4.69) is 15.8 Å². The van der Waals surface area contributed by atoms with E-state index in [0.29, 0.717) is 11.1 Å². The summed E-state index contributed by atoms with van der Waals surface area (Å²) in [7, 11) is -3.64. The van der Waals surface area contributed by atoms with Gasteiger partial charge in [0.25, 0.3) is 0 Å². The third kappa shape index (κ3) is 4.71. The summed E-state index contributed by atoms with van der Waals surface area (Å²) in [6.07, 6.45) is -0.300. The highest BCUT2D eigenvalue weighted by atomic mass is 35.5. The van der Waals surface area contributed by atoms with E-state index in [4.69, 9.17) is 11.6 Å². The molecule has 142 valence electrons. The first-order valence-corrected chi connectivity index (χ1v) is 10.4. The predicted octanol–water partition coefficient (Wildman–Crippen LogP) is 3.54. The molecule has 1 amide bonds. The Balaban J connectivity index is 1.58. The van der Waals surface area contributed by atoms with E-state index >= 15 is 0 Å². The summed E-state index contributed by atoms with van der Waals surface area (Å²) in [4.78, 5) is 15.8. The van der Waals surface area contributed by atoms with E-state index in [0.717, 1.165) is 17.4 Å². The molecule has 0 spiro atoms. The van der Waals surface area contributed by atoms with E-state index in [1.807, 2.05) is 0 Å². The molecule has 0 bridgehead atoms. The number of aromatic nitrogens is 1. The average Bonchev–Trinajstić information content (AvgIpc) is 3.02. The Morgan fingerprint density at radius 1 is 1.19 bits per heavy atom. The first-order chi connectivity index (χ1) is 12.7. The minimum atomic E-state index is -3.64. The van der Waals surface area contributed by atoms with Crippen molar-refractivity contribution < 1.29 is 22.0 Å². The summed E-state index contributed by atoms with van der Waals surface area (Å²) >= 11 is 6.66. The average molecular weight is 432 g/mol. The van der Waals surface area contributed by atoms with Crippen LogP contribution >= 0.6 is 22.9 Å². The quantitative estimate of drug-likeness (QED) is 0.583. The predicted molar refractivity (Wildman–Crippen MR) is 99.4 cm³/mol. The molecule has 3 aromatic rings. The van der Waals surface area contributed by atoms with Crippen LogP contribution in [-0.4, -0.2) is 25.1 Å². The summed E-state index contributed by atoms with van der Waals surface area (Å²) in [5.74, 6) is -2.54. The summed E-state index contributed by atoms with van der Waals surface area (Å²) in [6, 6.07) is 7.47. The Bertz CT molecular complexity index is 1100. The second-order valence-corrected chi connectivity index (χ2v) is 9.03. The molecule has 27 heavy (non-hydrogen) atoms. The van der Waals surface area contributed by atoms with Crippen molar-refractivity contribution in [2.24, 2.45) is 0 Å². The van der Waals surface area contributed by atoms with Gasteiger partial charge in [-0.05, 0) is 30.3 Å². The molecular weight excluding hydrogens is 420 g/mol. The van der Waals surface area contributed by atoms with Gasteiger partial charge in [0.15, 0.2) is 15.7 Å². The van der Waals surface area contributed by atoms with Crippen molar-refractivity contribution in [1.29, 1.82) is 0 Å². The zero-order chi connectivity index (χ0) is 19.6. The molecule has 0 radical (unpaired) electrons. The molecule has 11 heteroatoms. The standard InChI is InChI=1S/C16H12ClF2N3O3S2/c17-9-1-3-11(4-2-9)27(24,25)6-5-14(23)21-22-16-20-15-12(19)7-10(18)8-13(15)26-16/h1-4,7-8H,5-6H2,(H,20,22)(H,21,23). The molecule has 3 rings (SSSR count). The second-order valence-electron chi connectivity index (χ2n) is 5.45.